The maximum Gasteiger partial charge on any atom is 0.276 e. The number of para-hydroxylation sites is 1. The van der Waals surface area contributed by atoms with Gasteiger partial charge in [-0.15, -0.1) is 0 Å². The van der Waals surface area contributed by atoms with Gasteiger partial charge in [-0.05, 0) is 12.1 Å². The highest BCUT2D eigenvalue weighted by molar-refractivity contribution is 5.42. The van der Waals surface area contributed by atoms with Gasteiger partial charge in [0, 0.05) is 5.69 Å². The van der Waals surface area contributed by atoms with E-state index < -0.39 is 19.0 Å². The lowest BCUT2D eigenvalue weighted by molar-refractivity contribution is 0.0254. The number of benzene rings is 1. The molecule has 3 N–H and O–H groups in total. The van der Waals surface area contributed by atoms with Crippen LogP contribution in [0.3, 0.4) is 0 Å². The maximum atomic E-state index is 12.7. The second-order valence-electron chi connectivity index (χ2n) is 2.78. The fourth-order valence-corrected chi connectivity index (χ4v) is 0.860. The minimum absolute atomic E-state index is 0.423. The molecule has 4 heteroatoms. The second-order valence-corrected chi connectivity index (χ2v) is 2.78. The van der Waals surface area contributed by atoms with Crippen molar-refractivity contribution in [2.45, 2.75) is 5.92 Å². The Morgan fingerprint density at radius 2 is 1.85 bits per heavy atom. The summed E-state index contributed by atoms with van der Waals surface area (Å²) in [6, 6.07) is 8.84. The molecule has 1 rings (SSSR count). The Labute approximate surface area is 75.7 Å². The van der Waals surface area contributed by atoms with Crippen molar-refractivity contribution in [1.29, 1.82) is 0 Å². The standard InChI is InChI=1S/C9H12F2N2/c10-9(11,6-12)7-13-8-4-2-1-3-5-8/h1-5,13H,6-7,12H2. The molecule has 0 atom stereocenters. The fraction of sp³-hybridized carbons (Fsp3) is 0.333. The zero-order valence-corrected chi connectivity index (χ0v) is 7.13. The van der Waals surface area contributed by atoms with E-state index in [9.17, 15) is 8.78 Å². The second kappa shape index (κ2) is 4.18. The fourth-order valence-electron chi connectivity index (χ4n) is 0.860. The van der Waals surface area contributed by atoms with Crippen LogP contribution in [-0.4, -0.2) is 19.0 Å². The number of rotatable bonds is 4. The van der Waals surface area contributed by atoms with E-state index in [4.69, 9.17) is 5.73 Å². The normalized spacial score (nSPS) is 11.3. The molecule has 13 heavy (non-hydrogen) atoms. The van der Waals surface area contributed by atoms with Gasteiger partial charge in [0.2, 0.25) is 0 Å². The number of hydrogen-bond donors (Lipinski definition) is 2. The van der Waals surface area contributed by atoms with Gasteiger partial charge in [-0.25, -0.2) is 8.78 Å². The largest absolute Gasteiger partial charge is 0.379 e. The molecular formula is C9H12F2N2. The summed E-state index contributed by atoms with van der Waals surface area (Å²) in [4.78, 5) is 0. The molecule has 0 unspecified atom stereocenters. The van der Waals surface area contributed by atoms with Crippen molar-refractivity contribution in [3.05, 3.63) is 30.3 Å². The third kappa shape index (κ3) is 3.38. The quantitative estimate of drug-likeness (QED) is 0.751. The van der Waals surface area contributed by atoms with Crippen molar-refractivity contribution in [2.24, 2.45) is 5.73 Å². The number of hydrogen-bond acceptors (Lipinski definition) is 2. The lowest BCUT2D eigenvalue weighted by Crippen LogP contribution is -2.35. The minimum atomic E-state index is -2.84. The zero-order valence-electron chi connectivity index (χ0n) is 7.13. The van der Waals surface area contributed by atoms with Crippen LogP contribution in [-0.2, 0) is 0 Å². The molecule has 72 valence electrons. The van der Waals surface area contributed by atoms with Crippen LogP contribution in [0, 0.1) is 0 Å². The van der Waals surface area contributed by atoms with Gasteiger partial charge in [0.1, 0.15) is 0 Å². The Kier molecular flexibility index (Phi) is 3.19. The Hall–Kier alpha value is -1.16. The lowest BCUT2D eigenvalue weighted by atomic mass is 10.3. The van der Waals surface area contributed by atoms with E-state index in [2.05, 4.69) is 5.32 Å². The highest BCUT2D eigenvalue weighted by atomic mass is 19.3. The number of nitrogens with one attached hydrogen (secondary N) is 1. The molecule has 0 spiro atoms. The van der Waals surface area contributed by atoms with Gasteiger partial charge in [0.25, 0.3) is 5.92 Å². The van der Waals surface area contributed by atoms with Crippen molar-refractivity contribution in [1.82, 2.24) is 0 Å². The molecule has 0 aliphatic carbocycles. The molecule has 0 fully saturated rings. The summed E-state index contributed by atoms with van der Waals surface area (Å²) in [5.74, 6) is -2.84. The van der Waals surface area contributed by atoms with Crippen LogP contribution >= 0.6 is 0 Å². The molecule has 0 aliphatic rings. The number of halogens is 2. The molecule has 0 radical (unpaired) electrons. The highest BCUT2D eigenvalue weighted by Crippen LogP contribution is 2.13. The first-order valence-corrected chi connectivity index (χ1v) is 4.01. The smallest absolute Gasteiger partial charge is 0.276 e. The first-order valence-electron chi connectivity index (χ1n) is 4.01. The molecule has 0 saturated carbocycles. The number of nitrogens with two attached hydrogens (primary N) is 1. The predicted octanol–water partition coefficient (Wildman–Crippen LogP) is 1.69. The van der Waals surface area contributed by atoms with Crippen LogP contribution in [0.5, 0.6) is 0 Å². The summed E-state index contributed by atoms with van der Waals surface area (Å²) in [5, 5.41) is 2.61. The van der Waals surface area contributed by atoms with Gasteiger partial charge in [-0.3, -0.25) is 0 Å². The average molecular weight is 186 g/mol. The summed E-state index contributed by atoms with van der Waals surface area (Å²) in [5.41, 5.74) is 5.56. The van der Waals surface area contributed by atoms with E-state index >= 15 is 0 Å². The van der Waals surface area contributed by atoms with Crippen molar-refractivity contribution in [2.75, 3.05) is 18.4 Å². The molecular weight excluding hydrogens is 174 g/mol. The molecule has 2 nitrogen and oxygen atoms in total. The van der Waals surface area contributed by atoms with Gasteiger partial charge >= 0.3 is 0 Å². The minimum Gasteiger partial charge on any atom is -0.379 e. The molecule has 0 heterocycles. The number of alkyl halides is 2. The van der Waals surface area contributed by atoms with Gasteiger partial charge in [0.15, 0.2) is 0 Å². The van der Waals surface area contributed by atoms with Crippen molar-refractivity contribution in [3.8, 4) is 0 Å². The van der Waals surface area contributed by atoms with E-state index in [0.29, 0.717) is 5.69 Å². The molecule has 1 aromatic carbocycles. The first-order chi connectivity index (χ1) is 6.14. The Balaban J connectivity index is 2.44. The van der Waals surface area contributed by atoms with Gasteiger partial charge in [0.05, 0.1) is 13.1 Å². The third-order valence-electron chi connectivity index (χ3n) is 1.62. The Bertz CT molecular complexity index is 249. The van der Waals surface area contributed by atoms with Gasteiger partial charge < -0.3 is 11.1 Å². The van der Waals surface area contributed by atoms with Gasteiger partial charge in [-0.1, -0.05) is 18.2 Å². The summed E-state index contributed by atoms with van der Waals surface area (Å²) in [6.45, 7) is -1.06. The summed E-state index contributed by atoms with van der Waals surface area (Å²) >= 11 is 0. The van der Waals surface area contributed by atoms with Crippen molar-refractivity contribution >= 4 is 5.69 Å². The van der Waals surface area contributed by atoms with E-state index in [1.807, 2.05) is 6.07 Å². The highest BCUT2D eigenvalue weighted by Gasteiger charge is 2.25. The summed E-state index contributed by atoms with van der Waals surface area (Å²) in [6.07, 6.45) is 0. The summed E-state index contributed by atoms with van der Waals surface area (Å²) in [7, 11) is 0. The molecule has 0 saturated heterocycles. The molecule has 1 aromatic rings. The van der Waals surface area contributed by atoms with E-state index in [1.165, 1.54) is 0 Å². The molecule has 0 aromatic heterocycles. The van der Waals surface area contributed by atoms with Crippen LogP contribution in [0.4, 0.5) is 14.5 Å². The van der Waals surface area contributed by atoms with E-state index in [0.717, 1.165) is 0 Å². The van der Waals surface area contributed by atoms with Crippen molar-refractivity contribution < 1.29 is 8.78 Å². The zero-order chi connectivity index (χ0) is 9.73. The van der Waals surface area contributed by atoms with Crippen LogP contribution < -0.4 is 11.1 Å². The van der Waals surface area contributed by atoms with Crippen LogP contribution in [0.25, 0.3) is 0 Å². The molecule has 0 aliphatic heterocycles. The van der Waals surface area contributed by atoms with Gasteiger partial charge in [-0.2, -0.15) is 0 Å². The predicted molar refractivity (Wildman–Crippen MR) is 48.9 cm³/mol. The van der Waals surface area contributed by atoms with Crippen LogP contribution in [0.1, 0.15) is 0 Å². The number of anilines is 1. The first kappa shape index (κ1) is 9.92. The van der Waals surface area contributed by atoms with Crippen LogP contribution in [0.2, 0.25) is 0 Å². The van der Waals surface area contributed by atoms with E-state index in [-0.39, 0.29) is 0 Å². The lowest BCUT2D eigenvalue weighted by Gasteiger charge is -2.15. The van der Waals surface area contributed by atoms with Crippen molar-refractivity contribution in [3.63, 3.8) is 0 Å². The maximum absolute atomic E-state index is 12.7. The van der Waals surface area contributed by atoms with E-state index in [1.54, 1.807) is 24.3 Å². The monoisotopic (exact) mass is 186 g/mol. The SMILES string of the molecule is NCC(F)(F)CNc1ccccc1. The average Bonchev–Trinajstić information content (AvgIpc) is 2.17. The molecule has 0 bridgehead atoms. The summed E-state index contributed by atoms with van der Waals surface area (Å²) < 4.78 is 25.3. The molecule has 0 amide bonds. The topological polar surface area (TPSA) is 38.0 Å². The van der Waals surface area contributed by atoms with Crippen LogP contribution in [0.15, 0.2) is 30.3 Å². The third-order valence-corrected chi connectivity index (χ3v) is 1.62. The Morgan fingerprint density at radius 1 is 1.23 bits per heavy atom. The Morgan fingerprint density at radius 3 is 2.38 bits per heavy atom.